The van der Waals surface area contributed by atoms with Gasteiger partial charge in [0.15, 0.2) is 0 Å². The van der Waals surface area contributed by atoms with Crippen LogP contribution in [0.2, 0.25) is 0 Å². The zero-order chi connectivity index (χ0) is 27.5. The van der Waals surface area contributed by atoms with Crippen LogP contribution in [0.25, 0.3) is 0 Å². The molecule has 0 aromatic carbocycles. The maximum Gasteiger partial charge on any atom is 0.326 e. The highest BCUT2D eigenvalue weighted by atomic mass is 16.4. The number of H-pyrrole nitrogens is 2. The zero-order valence-corrected chi connectivity index (χ0v) is 21.7. The second-order valence-electron chi connectivity index (χ2n) is 9.95. The standard InChI is InChI=1S/C24H38N8O5/c1-13(2)5-17(25)21(33)30-18(7-15-9-26-11-28-15)22(34)31-19(8-16-10-27-12-29-16)23(35)32-20(24(36)37)6-14(3)4/h9-14,17-20H,5-8,25H2,1-4H3,(H,26,28)(H,27,29)(H,30,33)(H,31,34)(H,32,35)(H,36,37). The van der Waals surface area contributed by atoms with E-state index >= 15 is 0 Å². The minimum absolute atomic E-state index is 0.0195. The molecule has 0 aliphatic carbocycles. The quantitative estimate of drug-likeness (QED) is 0.169. The van der Waals surface area contributed by atoms with Crippen molar-refractivity contribution in [2.75, 3.05) is 0 Å². The van der Waals surface area contributed by atoms with Crippen molar-refractivity contribution in [1.29, 1.82) is 0 Å². The molecular weight excluding hydrogens is 480 g/mol. The number of nitrogens with zero attached hydrogens (tertiary/aromatic N) is 2. The highest BCUT2D eigenvalue weighted by Gasteiger charge is 2.31. The third-order valence-corrected chi connectivity index (χ3v) is 5.61. The van der Waals surface area contributed by atoms with Crippen molar-refractivity contribution in [1.82, 2.24) is 35.9 Å². The maximum absolute atomic E-state index is 13.4. The first kappa shape index (κ1) is 29.5. The Bertz CT molecular complexity index is 1010. The molecule has 8 N–H and O–H groups in total. The minimum atomic E-state index is -1.17. The van der Waals surface area contributed by atoms with Crippen LogP contribution >= 0.6 is 0 Å². The lowest BCUT2D eigenvalue weighted by molar-refractivity contribution is -0.142. The van der Waals surface area contributed by atoms with Gasteiger partial charge in [-0.05, 0) is 24.7 Å². The number of hydrogen-bond acceptors (Lipinski definition) is 7. The summed E-state index contributed by atoms with van der Waals surface area (Å²) in [6.45, 7) is 7.56. The molecule has 2 rings (SSSR count). The molecule has 0 spiro atoms. The van der Waals surface area contributed by atoms with Gasteiger partial charge in [-0.15, -0.1) is 0 Å². The summed E-state index contributed by atoms with van der Waals surface area (Å²) in [6, 6.07) is -4.13. The van der Waals surface area contributed by atoms with Crippen molar-refractivity contribution in [3.05, 3.63) is 36.4 Å². The largest absolute Gasteiger partial charge is 0.480 e. The van der Waals surface area contributed by atoms with Gasteiger partial charge < -0.3 is 36.8 Å². The summed E-state index contributed by atoms with van der Waals surface area (Å²) in [4.78, 5) is 64.6. The Hall–Kier alpha value is -3.74. The number of carboxylic acids is 1. The molecule has 13 nitrogen and oxygen atoms in total. The number of aliphatic carboxylic acids is 1. The van der Waals surface area contributed by atoms with Gasteiger partial charge in [0.2, 0.25) is 17.7 Å². The highest BCUT2D eigenvalue weighted by Crippen LogP contribution is 2.08. The molecule has 0 saturated carbocycles. The van der Waals surface area contributed by atoms with E-state index in [4.69, 9.17) is 5.73 Å². The number of carbonyl (C=O) groups is 4. The Balaban J connectivity index is 2.23. The molecule has 204 valence electrons. The second-order valence-corrected chi connectivity index (χ2v) is 9.95. The molecule has 0 aliphatic heterocycles. The van der Waals surface area contributed by atoms with Gasteiger partial charge in [0.05, 0.1) is 18.7 Å². The molecule has 4 unspecified atom stereocenters. The predicted molar refractivity (Wildman–Crippen MR) is 135 cm³/mol. The highest BCUT2D eigenvalue weighted by molar-refractivity contribution is 5.94. The monoisotopic (exact) mass is 518 g/mol. The summed E-state index contributed by atoms with van der Waals surface area (Å²) in [5, 5.41) is 17.4. The van der Waals surface area contributed by atoms with Crippen LogP contribution in [0.5, 0.6) is 0 Å². The molecule has 2 aromatic rings. The number of hydrogen-bond donors (Lipinski definition) is 7. The van der Waals surface area contributed by atoms with Gasteiger partial charge in [-0.1, -0.05) is 27.7 Å². The van der Waals surface area contributed by atoms with Gasteiger partial charge >= 0.3 is 5.97 Å². The number of nitrogens with one attached hydrogen (secondary N) is 5. The van der Waals surface area contributed by atoms with E-state index in [1.807, 2.05) is 27.7 Å². The number of amides is 3. The lowest BCUT2D eigenvalue weighted by atomic mass is 10.0. The molecule has 0 fully saturated rings. The van der Waals surface area contributed by atoms with Crippen LogP contribution in [-0.2, 0) is 32.0 Å². The van der Waals surface area contributed by atoms with Gasteiger partial charge in [-0.3, -0.25) is 14.4 Å². The first-order valence-electron chi connectivity index (χ1n) is 12.3. The second kappa shape index (κ2) is 14.1. The van der Waals surface area contributed by atoms with Crippen LogP contribution in [0.3, 0.4) is 0 Å². The molecule has 2 heterocycles. The molecule has 0 aliphatic rings. The Morgan fingerprint density at radius 2 is 1.22 bits per heavy atom. The summed E-state index contributed by atoms with van der Waals surface area (Å²) in [7, 11) is 0. The van der Waals surface area contributed by atoms with Crippen molar-refractivity contribution in [3.8, 4) is 0 Å². The first-order valence-corrected chi connectivity index (χ1v) is 12.3. The third-order valence-electron chi connectivity index (χ3n) is 5.61. The maximum atomic E-state index is 13.4. The molecule has 37 heavy (non-hydrogen) atoms. The Morgan fingerprint density at radius 1 is 0.784 bits per heavy atom. The number of rotatable bonds is 15. The lowest BCUT2D eigenvalue weighted by Gasteiger charge is -2.25. The van der Waals surface area contributed by atoms with Crippen molar-refractivity contribution < 1.29 is 24.3 Å². The topological polar surface area (TPSA) is 208 Å². The van der Waals surface area contributed by atoms with Crippen LogP contribution in [-0.4, -0.2) is 72.9 Å². The van der Waals surface area contributed by atoms with E-state index < -0.39 is 47.9 Å². The van der Waals surface area contributed by atoms with E-state index in [-0.39, 0.29) is 31.1 Å². The molecule has 4 atom stereocenters. The molecule has 2 aromatic heterocycles. The molecule has 13 heteroatoms. The summed E-state index contributed by atoms with van der Waals surface area (Å²) >= 11 is 0. The molecule has 0 radical (unpaired) electrons. The number of aromatic amines is 2. The van der Waals surface area contributed by atoms with Crippen molar-refractivity contribution in [2.45, 2.75) is 77.5 Å². The van der Waals surface area contributed by atoms with Gasteiger partial charge in [0.1, 0.15) is 18.1 Å². The molecule has 3 amide bonds. The SMILES string of the molecule is CC(C)CC(N)C(=O)NC(Cc1cnc[nH]1)C(=O)NC(Cc1cnc[nH]1)C(=O)NC(CC(C)C)C(=O)O. The van der Waals surface area contributed by atoms with Gasteiger partial charge in [0.25, 0.3) is 0 Å². The van der Waals surface area contributed by atoms with Crippen molar-refractivity contribution in [2.24, 2.45) is 17.6 Å². The average molecular weight is 519 g/mol. The Morgan fingerprint density at radius 3 is 1.59 bits per heavy atom. The first-order chi connectivity index (χ1) is 17.5. The molecule has 0 saturated heterocycles. The number of imidazole rings is 2. The van der Waals surface area contributed by atoms with Crippen LogP contribution < -0.4 is 21.7 Å². The average Bonchev–Trinajstić information content (AvgIpc) is 3.51. The van der Waals surface area contributed by atoms with Gasteiger partial charge in [0, 0.05) is 36.6 Å². The van der Waals surface area contributed by atoms with E-state index in [2.05, 4.69) is 35.9 Å². The molecule has 0 bridgehead atoms. The Kier molecular flexibility index (Phi) is 11.2. The van der Waals surface area contributed by atoms with Gasteiger partial charge in [-0.2, -0.15) is 0 Å². The third kappa shape index (κ3) is 10.0. The summed E-state index contributed by atoms with van der Waals surface area (Å²) in [5.74, 6) is -2.76. The van der Waals surface area contributed by atoms with Crippen LogP contribution in [0.1, 0.15) is 51.9 Å². The summed E-state index contributed by atoms with van der Waals surface area (Å²) in [5.41, 5.74) is 7.16. The van der Waals surface area contributed by atoms with Crippen molar-refractivity contribution >= 4 is 23.7 Å². The normalized spacial score (nSPS) is 14.6. The van der Waals surface area contributed by atoms with Gasteiger partial charge in [-0.25, -0.2) is 14.8 Å². The lowest BCUT2D eigenvalue weighted by Crippen LogP contribution is -2.58. The summed E-state index contributed by atoms with van der Waals surface area (Å²) < 4.78 is 0. The van der Waals surface area contributed by atoms with E-state index in [9.17, 15) is 24.3 Å². The fourth-order valence-electron chi connectivity index (χ4n) is 3.78. The molecular formula is C24H38N8O5. The van der Waals surface area contributed by atoms with Crippen LogP contribution in [0.15, 0.2) is 25.0 Å². The zero-order valence-electron chi connectivity index (χ0n) is 21.7. The number of nitrogens with two attached hydrogens (primary N) is 1. The van der Waals surface area contributed by atoms with E-state index in [1.165, 1.54) is 25.0 Å². The van der Waals surface area contributed by atoms with E-state index in [1.54, 1.807) is 0 Å². The summed E-state index contributed by atoms with van der Waals surface area (Å²) in [6.07, 6.45) is 6.68. The van der Waals surface area contributed by atoms with Crippen LogP contribution in [0.4, 0.5) is 0 Å². The smallest absolute Gasteiger partial charge is 0.326 e. The number of carboxylic acid groups (broad SMARTS) is 1. The fraction of sp³-hybridized carbons (Fsp3) is 0.583. The fourth-order valence-corrected chi connectivity index (χ4v) is 3.78. The number of aromatic nitrogens is 4. The Labute approximate surface area is 215 Å². The predicted octanol–water partition coefficient (Wildman–Crippen LogP) is -0.123. The van der Waals surface area contributed by atoms with E-state index in [0.717, 1.165) is 0 Å². The van der Waals surface area contributed by atoms with Crippen LogP contribution in [0, 0.1) is 11.8 Å². The van der Waals surface area contributed by atoms with E-state index in [0.29, 0.717) is 17.8 Å². The van der Waals surface area contributed by atoms with Crippen molar-refractivity contribution in [3.63, 3.8) is 0 Å². The number of carbonyl (C=O) groups excluding carboxylic acids is 3. The minimum Gasteiger partial charge on any atom is -0.480 e.